The normalized spacial score (nSPS) is 29.5. The van der Waals surface area contributed by atoms with Crippen LogP contribution in [-0.4, -0.2) is 47.9 Å². The minimum Gasteiger partial charge on any atom is -0.307 e. The molecule has 0 spiro atoms. The Kier molecular flexibility index (Phi) is 5.12. The maximum atomic E-state index is 13.0. The number of nitrogens with one attached hydrogen (secondary N) is 2. The maximum absolute atomic E-state index is 13.0. The third kappa shape index (κ3) is 3.45. The lowest BCUT2D eigenvalue weighted by Crippen LogP contribution is -2.46. The Hall–Kier alpha value is -2.02. The SMILES string of the molecule is O=C[C@H]1NCCC1C(=O)[C@H]1NCC(=S)C1C(=O)CC1=Cc2ccccc2C1. The Balaban J connectivity index is 1.48. The van der Waals surface area contributed by atoms with E-state index >= 15 is 0 Å². The summed E-state index contributed by atoms with van der Waals surface area (Å²) in [7, 11) is 0. The number of allylic oxidation sites excluding steroid dienone is 1. The second-order valence-corrected chi connectivity index (χ2v) is 8.06. The maximum Gasteiger partial charge on any atom is 0.155 e. The number of rotatable bonds is 6. The van der Waals surface area contributed by atoms with Gasteiger partial charge in [0, 0.05) is 23.7 Å². The fourth-order valence-corrected chi connectivity index (χ4v) is 4.82. The standard InChI is InChI=1S/C21H22N2O3S/c24-11-16-15(5-6-22-16)21(26)20-19(18(27)10-23-20)17(25)9-12-7-13-3-1-2-4-14(13)8-12/h1-4,7,11,15-16,19-20,22-23H,5-6,8-10H2/t15?,16-,19?,20+/m1/s1. The van der Waals surface area contributed by atoms with Gasteiger partial charge in [0.05, 0.1) is 18.0 Å². The van der Waals surface area contributed by atoms with Crippen LogP contribution >= 0.6 is 12.2 Å². The van der Waals surface area contributed by atoms with Crippen LogP contribution in [0.2, 0.25) is 0 Å². The van der Waals surface area contributed by atoms with Crippen LogP contribution in [0.15, 0.2) is 29.8 Å². The van der Waals surface area contributed by atoms with E-state index in [9.17, 15) is 14.4 Å². The van der Waals surface area contributed by atoms with E-state index in [0.29, 0.717) is 30.8 Å². The number of carbonyl (C=O) groups is 3. The van der Waals surface area contributed by atoms with E-state index in [1.165, 1.54) is 5.56 Å². The van der Waals surface area contributed by atoms with Gasteiger partial charge in [-0.05, 0) is 30.5 Å². The van der Waals surface area contributed by atoms with Crippen molar-refractivity contribution in [1.82, 2.24) is 10.6 Å². The zero-order valence-electron chi connectivity index (χ0n) is 14.9. The molecule has 1 aromatic rings. The molecular weight excluding hydrogens is 360 g/mol. The number of fused-ring (bicyclic) bond motifs is 1. The Labute approximate surface area is 163 Å². The molecule has 4 rings (SSSR count). The lowest BCUT2D eigenvalue weighted by atomic mass is 9.83. The number of ketones is 2. The van der Waals surface area contributed by atoms with Crippen LogP contribution in [0.5, 0.6) is 0 Å². The zero-order valence-corrected chi connectivity index (χ0v) is 15.8. The van der Waals surface area contributed by atoms with Gasteiger partial charge in [-0.2, -0.15) is 0 Å². The van der Waals surface area contributed by atoms with Gasteiger partial charge < -0.3 is 15.4 Å². The fourth-order valence-electron chi connectivity index (χ4n) is 4.47. The van der Waals surface area contributed by atoms with E-state index in [2.05, 4.69) is 22.8 Å². The highest BCUT2D eigenvalue weighted by Gasteiger charge is 2.45. The van der Waals surface area contributed by atoms with Gasteiger partial charge in [0.15, 0.2) is 5.78 Å². The third-order valence-corrected chi connectivity index (χ3v) is 6.24. The van der Waals surface area contributed by atoms with Crippen LogP contribution in [0, 0.1) is 11.8 Å². The zero-order chi connectivity index (χ0) is 19.0. The Morgan fingerprint density at radius 2 is 2.04 bits per heavy atom. The first kappa shape index (κ1) is 18.3. The highest BCUT2D eigenvalue weighted by Crippen LogP contribution is 2.30. The van der Waals surface area contributed by atoms with Gasteiger partial charge in [-0.3, -0.25) is 9.59 Å². The highest BCUT2D eigenvalue weighted by atomic mass is 32.1. The van der Waals surface area contributed by atoms with Crippen molar-refractivity contribution >= 4 is 41.0 Å². The molecular formula is C21H22N2O3S. The number of hydrogen-bond donors (Lipinski definition) is 2. The monoisotopic (exact) mass is 382 g/mol. The summed E-state index contributed by atoms with van der Waals surface area (Å²) in [5, 5.41) is 6.17. The quantitative estimate of drug-likeness (QED) is 0.570. The molecule has 1 aromatic carbocycles. The summed E-state index contributed by atoms with van der Waals surface area (Å²) in [6.07, 6.45) is 4.56. The van der Waals surface area contributed by atoms with Crippen LogP contribution in [0.1, 0.15) is 24.0 Å². The van der Waals surface area contributed by atoms with Crippen LogP contribution in [0.4, 0.5) is 0 Å². The van der Waals surface area contributed by atoms with Crippen molar-refractivity contribution in [3.05, 3.63) is 41.0 Å². The van der Waals surface area contributed by atoms with Crippen molar-refractivity contribution in [3.63, 3.8) is 0 Å². The van der Waals surface area contributed by atoms with Crippen molar-refractivity contribution in [3.8, 4) is 0 Å². The van der Waals surface area contributed by atoms with Crippen molar-refractivity contribution in [1.29, 1.82) is 0 Å². The van der Waals surface area contributed by atoms with E-state index < -0.39 is 18.0 Å². The molecule has 0 amide bonds. The number of hydrogen-bond acceptors (Lipinski definition) is 6. The number of Topliss-reactive ketones (excluding diaryl/α,β-unsaturated/α-hetero) is 2. The molecule has 2 aliphatic heterocycles. The highest BCUT2D eigenvalue weighted by molar-refractivity contribution is 7.80. The molecule has 0 saturated carbocycles. The Bertz CT molecular complexity index is 848. The molecule has 3 aliphatic rings. The second-order valence-electron chi connectivity index (χ2n) is 7.54. The van der Waals surface area contributed by atoms with E-state index in [0.717, 1.165) is 23.8 Å². The molecule has 4 atom stereocenters. The predicted molar refractivity (Wildman–Crippen MR) is 107 cm³/mol. The largest absolute Gasteiger partial charge is 0.307 e. The van der Waals surface area contributed by atoms with Crippen molar-refractivity contribution in [2.45, 2.75) is 31.3 Å². The predicted octanol–water partition coefficient (Wildman–Crippen LogP) is 1.29. The Morgan fingerprint density at radius 1 is 1.22 bits per heavy atom. The minimum absolute atomic E-state index is 0.00369. The Morgan fingerprint density at radius 3 is 2.81 bits per heavy atom. The number of carbonyl (C=O) groups excluding carboxylic acids is 3. The van der Waals surface area contributed by atoms with Crippen molar-refractivity contribution in [2.75, 3.05) is 13.1 Å². The van der Waals surface area contributed by atoms with Crippen LogP contribution in [0.3, 0.4) is 0 Å². The molecule has 2 saturated heterocycles. The lowest BCUT2D eigenvalue weighted by molar-refractivity contribution is -0.130. The van der Waals surface area contributed by atoms with Crippen molar-refractivity contribution < 1.29 is 14.4 Å². The molecule has 140 valence electrons. The lowest BCUT2D eigenvalue weighted by Gasteiger charge is -2.22. The summed E-state index contributed by atoms with van der Waals surface area (Å²) < 4.78 is 0. The molecule has 2 unspecified atom stereocenters. The number of aldehydes is 1. The second kappa shape index (κ2) is 7.54. The van der Waals surface area contributed by atoms with Crippen LogP contribution in [0.25, 0.3) is 6.08 Å². The molecule has 0 bridgehead atoms. The number of thiocarbonyl (C=S) groups is 1. The molecule has 2 fully saturated rings. The summed E-state index contributed by atoms with van der Waals surface area (Å²) in [4.78, 5) is 37.9. The van der Waals surface area contributed by atoms with Gasteiger partial charge in [-0.15, -0.1) is 0 Å². The topological polar surface area (TPSA) is 75.3 Å². The van der Waals surface area contributed by atoms with Gasteiger partial charge >= 0.3 is 0 Å². The van der Waals surface area contributed by atoms with Gasteiger partial charge in [0.25, 0.3) is 0 Å². The van der Waals surface area contributed by atoms with Gasteiger partial charge in [-0.1, -0.05) is 48.1 Å². The first-order chi connectivity index (χ1) is 13.1. The summed E-state index contributed by atoms with van der Waals surface area (Å²) >= 11 is 5.42. The third-order valence-electron chi connectivity index (χ3n) is 5.84. The van der Waals surface area contributed by atoms with Crippen LogP contribution in [-0.2, 0) is 20.8 Å². The minimum atomic E-state index is -0.610. The van der Waals surface area contributed by atoms with E-state index in [1.54, 1.807) is 0 Å². The molecule has 1 aliphatic carbocycles. The van der Waals surface area contributed by atoms with Crippen LogP contribution < -0.4 is 10.6 Å². The number of benzene rings is 1. The molecule has 2 N–H and O–H groups in total. The molecule has 0 aromatic heterocycles. The van der Waals surface area contributed by atoms with Gasteiger partial charge in [-0.25, -0.2) is 0 Å². The summed E-state index contributed by atoms with van der Waals surface area (Å²) in [5.74, 6) is -1.04. The summed E-state index contributed by atoms with van der Waals surface area (Å²) in [6, 6.07) is 7.04. The smallest absolute Gasteiger partial charge is 0.155 e. The molecule has 5 nitrogen and oxygen atoms in total. The summed E-state index contributed by atoms with van der Waals surface area (Å²) in [6.45, 7) is 1.04. The molecule has 6 heteroatoms. The molecule has 27 heavy (non-hydrogen) atoms. The average Bonchev–Trinajstić information content (AvgIpc) is 3.37. The van der Waals surface area contributed by atoms with Gasteiger partial charge in [0.2, 0.25) is 0 Å². The average molecular weight is 382 g/mol. The van der Waals surface area contributed by atoms with Crippen molar-refractivity contribution in [2.24, 2.45) is 11.8 Å². The first-order valence-corrected chi connectivity index (χ1v) is 9.78. The summed E-state index contributed by atoms with van der Waals surface area (Å²) in [5.41, 5.74) is 3.45. The first-order valence-electron chi connectivity index (χ1n) is 9.37. The van der Waals surface area contributed by atoms with E-state index in [-0.39, 0.29) is 17.5 Å². The van der Waals surface area contributed by atoms with Gasteiger partial charge in [0.1, 0.15) is 12.1 Å². The van der Waals surface area contributed by atoms with E-state index in [4.69, 9.17) is 12.2 Å². The fraction of sp³-hybridized carbons (Fsp3) is 0.429. The molecule has 2 heterocycles. The van der Waals surface area contributed by atoms with E-state index in [1.807, 2.05) is 18.2 Å². The molecule has 0 radical (unpaired) electrons.